The number of pyridine rings is 1. The van der Waals surface area contributed by atoms with Crippen molar-refractivity contribution in [1.82, 2.24) is 25.0 Å². The normalized spacial score (nSPS) is 24.2. The molecule has 0 spiro atoms. The van der Waals surface area contributed by atoms with Gasteiger partial charge in [-0.25, -0.2) is 0 Å². The first-order chi connectivity index (χ1) is 12.2. The Bertz CT molecular complexity index is 723. The monoisotopic (exact) mass is 339 g/mol. The Morgan fingerprint density at radius 2 is 2.20 bits per heavy atom. The fourth-order valence-electron chi connectivity index (χ4n) is 4.38. The number of aromatic nitrogens is 3. The Morgan fingerprint density at radius 1 is 1.28 bits per heavy atom. The predicted molar refractivity (Wildman–Crippen MR) is 99.4 cm³/mol. The molecule has 5 nitrogen and oxygen atoms in total. The van der Waals surface area contributed by atoms with E-state index < -0.39 is 0 Å². The van der Waals surface area contributed by atoms with Crippen LogP contribution in [0, 0.1) is 6.92 Å². The molecule has 5 heteroatoms. The average Bonchev–Trinajstić information content (AvgIpc) is 3.03. The topological polar surface area (TPSA) is 46.0 Å². The molecule has 0 amide bonds. The Morgan fingerprint density at radius 3 is 3.08 bits per heavy atom. The average molecular weight is 339 g/mol. The molecule has 0 bridgehead atoms. The number of likely N-dealkylation sites (N-methyl/N-ethyl adjacent to an activating group) is 1. The lowest BCUT2D eigenvalue weighted by Gasteiger charge is -2.30. The van der Waals surface area contributed by atoms with Gasteiger partial charge >= 0.3 is 0 Å². The molecule has 0 radical (unpaired) electrons. The number of rotatable bonds is 4. The predicted octanol–water partition coefficient (Wildman–Crippen LogP) is 2.85. The second-order valence-corrected chi connectivity index (χ2v) is 7.72. The number of nitrogens with one attached hydrogen (secondary N) is 1. The molecule has 1 saturated carbocycles. The third-order valence-electron chi connectivity index (χ3n) is 5.84. The Balaban J connectivity index is 1.39. The minimum absolute atomic E-state index is 0.581. The van der Waals surface area contributed by atoms with E-state index in [0.717, 1.165) is 26.2 Å². The van der Waals surface area contributed by atoms with Gasteiger partial charge in [-0.1, -0.05) is 12.5 Å². The molecule has 1 aliphatic carbocycles. The fraction of sp³-hybridized carbons (Fsp3) is 0.600. The highest BCUT2D eigenvalue weighted by Crippen LogP contribution is 2.33. The summed E-state index contributed by atoms with van der Waals surface area (Å²) in [7, 11) is 2.19. The third-order valence-corrected chi connectivity index (χ3v) is 5.84. The molecule has 2 aliphatic rings. The first kappa shape index (κ1) is 16.7. The van der Waals surface area contributed by atoms with Crippen molar-refractivity contribution in [2.75, 3.05) is 13.6 Å². The van der Waals surface area contributed by atoms with Crippen LogP contribution in [0.4, 0.5) is 0 Å². The Kier molecular flexibility index (Phi) is 4.86. The van der Waals surface area contributed by atoms with Crippen LogP contribution < -0.4 is 5.32 Å². The van der Waals surface area contributed by atoms with Gasteiger partial charge in [-0.2, -0.15) is 5.10 Å². The number of fused-ring (bicyclic) bond motifs is 1. The summed E-state index contributed by atoms with van der Waals surface area (Å²) in [5.41, 5.74) is 5.39. The van der Waals surface area contributed by atoms with Gasteiger partial charge in [0.15, 0.2) is 0 Å². The van der Waals surface area contributed by atoms with Gasteiger partial charge in [0.05, 0.1) is 18.4 Å². The summed E-state index contributed by atoms with van der Waals surface area (Å²) in [5, 5.41) is 8.38. The van der Waals surface area contributed by atoms with Crippen molar-refractivity contribution in [2.24, 2.45) is 0 Å². The molecule has 3 heterocycles. The summed E-state index contributed by atoms with van der Waals surface area (Å²) in [5.74, 6) is 0.597. The molecule has 1 aliphatic heterocycles. The zero-order chi connectivity index (χ0) is 17.2. The van der Waals surface area contributed by atoms with Crippen LogP contribution in [-0.2, 0) is 19.6 Å². The van der Waals surface area contributed by atoms with E-state index in [1.165, 1.54) is 48.2 Å². The van der Waals surface area contributed by atoms with E-state index in [-0.39, 0.29) is 0 Å². The van der Waals surface area contributed by atoms with Gasteiger partial charge < -0.3 is 5.32 Å². The van der Waals surface area contributed by atoms with Crippen LogP contribution in [0.25, 0.3) is 0 Å². The lowest BCUT2D eigenvalue weighted by atomic mass is 9.82. The van der Waals surface area contributed by atoms with Crippen LogP contribution >= 0.6 is 0 Å². The van der Waals surface area contributed by atoms with E-state index in [4.69, 9.17) is 0 Å². The molecule has 134 valence electrons. The largest absolute Gasteiger partial charge is 0.310 e. The van der Waals surface area contributed by atoms with Crippen molar-refractivity contribution < 1.29 is 0 Å². The van der Waals surface area contributed by atoms with Gasteiger partial charge in [-0.05, 0) is 44.9 Å². The van der Waals surface area contributed by atoms with Crippen LogP contribution in [0.2, 0.25) is 0 Å². The molecule has 2 aromatic heterocycles. The third kappa shape index (κ3) is 3.62. The SMILES string of the molecule is Cc1cccnc1C1CCCC(NCc2cnn3c2CN(C)CC3)C1. The van der Waals surface area contributed by atoms with Crippen molar-refractivity contribution in [3.63, 3.8) is 0 Å². The highest BCUT2D eigenvalue weighted by atomic mass is 15.3. The molecule has 4 rings (SSSR count). The smallest absolute Gasteiger partial charge is 0.0569 e. The molecule has 0 saturated heterocycles. The molecule has 1 fully saturated rings. The lowest BCUT2D eigenvalue weighted by Crippen LogP contribution is -2.35. The van der Waals surface area contributed by atoms with Gasteiger partial charge in [0.2, 0.25) is 0 Å². The fourth-order valence-corrected chi connectivity index (χ4v) is 4.38. The summed E-state index contributed by atoms with van der Waals surface area (Å²) in [6.07, 6.45) is 9.02. The second kappa shape index (κ2) is 7.26. The van der Waals surface area contributed by atoms with E-state index in [1.54, 1.807) is 0 Å². The highest BCUT2D eigenvalue weighted by molar-refractivity contribution is 5.23. The van der Waals surface area contributed by atoms with E-state index in [0.29, 0.717) is 12.0 Å². The molecule has 2 aromatic rings. The summed E-state index contributed by atoms with van der Waals surface area (Å²) in [6.45, 7) is 6.24. The van der Waals surface area contributed by atoms with E-state index in [1.807, 2.05) is 12.3 Å². The summed E-state index contributed by atoms with van der Waals surface area (Å²) in [4.78, 5) is 7.04. The van der Waals surface area contributed by atoms with Crippen LogP contribution in [0.3, 0.4) is 0 Å². The minimum atomic E-state index is 0.581. The van der Waals surface area contributed by atoms with E-state index >= 15 is 0 Å². The van der Waals surface area contributed by atoms with Crippen molar-refractivity contribution in [3.8, 4) is 0 Å². The van der Waals surface area contributed by atoms with Gasteiger partial charge in [0, 0.05) is 49.0 Å². The summed E-state index contributed by atoms with van der Waals surface area (Å²) < 4.78 is 2.18. The number of hydrogen-bond donors (Lipinski definition) is 1. The van der Waals surface area contributed by atoms with Crippen LogP contribution in [0.15, 0.2) is 24.5 Å². The lowest BCUT2D eigenvalue weighted by molar-refractivity contribution is 0.257. The second-order valence-electron chi connectivity index (χ2n) is 7.72. The molecule has 2 unspecified atom stereocenters. The zero-order valence-electron chi connectivity index (χ0n) is 15.4. The summed E-state index contributed by atoms with van der Waals surface area (Å²) in [6, 6.07) is 4.81. The zero-order valence-corrected chi connectivity index (χ0v) is 15.4. The first-order valence-electron chi connectivity index (χ1n) is 9.57. The minimum Gasteiger partial charge on any atom is -0.310 e. The number of nitrogens with zero attached hydrogens (tertiary/aromatic N) is 4. The van der Waals surface area contributed by atoms with Crippen LogP contribution in [-0.4, -0.2) is 39.3 Å². The maximum Gasteiger partial charge on any atom is 0.0569 e. The van der Waals surface area contributed by atoms with Crippen molar-refractivity contribution in [1.29, 1.82) is 0 Å². The van der Waals surface area contributed by atoms with Crippen LogP contribution in [0.1, 0.15) is 54.1 Å². The van der Waals surface area contributed by atoms with Crippen LogP contribution in [0.5, 0.6) is 0 Å². The Hall–Kier alpha value is -1.72. The number of aryl methyl sites for hydroxylation is 1. The molecule has 1 N–H and O–H groups in total. The van der Waals surface area contributed by atoms with E-state index in [2.05, 4.69) is 51.2 Å². The first-order valence-corrected chi connectivity index (χ1v) is 9.57. The van der Waals surface area contributed by atoms with Crippen molar-refractivity contribution >= 4 is 0 Å². The summed E-state index contributed by atoms with van der Waals surface area (Å²) >= 11 is 0. The van der Waals surface area contributed by atoms with Gasteiger partial charge in [-0.3, -0.25) is 14.6 Å². The van der Waals surface area contributed by atoms with Crippen molar-refractivity contribution in [2.45, 2.75) is 64.2 Å². The maximum absolute atomic E-state index is 4.67. The molecule has 0 aromatic carbocycles. The molecular formula is C20H29N5. The standard InChI is InChI=1S/C20H29N5/c1-15-5-4-8-21-20(15)16-6-3-7-18(11-16)22-12-17-13-23-25-10-9-24(2)14-19(17)25/h4-5,8,13,16,18,22H,3,6-7,9-12,14H2,1-2H3. The quantitative estimate of drug-likeness (QED) is 0.930. The van der Waals surface area contributed by atoms with Crippen molar-refractivity contribution in [3.05, 3.63) is 47.0 Å². The molecule has 25 heavy (non-hydrogen) atoms. The number of hydrogen-bond acceptors (Lipinski definition) is 4. The molecule has 2 atom stereocenters. The Labute approximate surface area is 150 Å². The van der Waals surface area contributed by atoms with Gasteiger partial charge in [-0.15, -0.1) is 0 Å². The van der Waals surface area contributed by atoms with E-state index in [9.17, 15) is 0 Å². The maximum atomic E-state index is 4.67. The molecular weight excluding hydrogens is 310 g/mol. The van der Waals surface area contributed by atoms with Gasteiger partial charge in [0.25, 0.3) is 0 Å². The van der Waals surface area contributed by atoms with Gasteiger partial charge in [0.1, 0.15) is 0 Å². The highest BCUT2D eigenvalue weighted by Gasteiger charge is 2.25.